The highest BCUT2D eigenvalue weighted by molar-refractivity contribution is 7.80. The first-order valence-electron chi connectivity index (χ1n) is 8.99. The highest BCUT2D eigenvalue weighted by Crippen LogP contribution is 2.31. The van der Waals surface area contributed by atoms with E-state index < -0.39 is 0 Å². The number of thiocarbonyl (C=S) groups is 1. The van der Waals surface area contributed by atoms with Crippen molar-refractivity contribution in [2.75, 3.05) is 32.0 Å². The van der Waals surface area contributed by atoms with E-state index in [2.05, 4.69) is 15.7 Å². The van der Waals surface area contributed by atoms with Gasteiger partial charge in [-0.1, -0.05) is 18.2 Å². The van der Waals surface area contributed by atoms with Gasteiger partial charge in [-0.05, 0) is 42.9 Å². The number of methoxy groups -OCH3 is 3. The molecule has 1 heterocycles. The minimum absolute atomic E-state index is 0.451. The Labute approximate surface area is 175 Å². The standard InChI is InChI=1S/C21H24N4O3S/c1-14-8-9-18(26-2)17(10-14)24-21(29)23-16-11-22-25(13-16)12-15-6-5-7-19(27-3)20(15)28-4/h5-11,13H,12H2,1-4H3,(H2,23,24,29). The molecule has 2 aromatic carbocycles. The second kappa shape index (κ2) is 9.29. The van der Waals surface area contributed by atoms with Crippen molar-refractivity contribution < 1.29 is 14.2 Å². The molecule has 0 aliphatic rings. The molecule has 7 nitrogen and oxygen atoms in total. The molecule has 0 saturated heterocycles. The zero-order chi connectivity index (χ0) is 20.8. The summed E-state index contributed by atoms with van der Waals surface area (Å²) in [4.78, 5) is 0. The summed E-state index contributed by atoms with van der Waals surface area (Å²) in [6, 6.07) is 11.6. The zero-order valence-electron chi connectivity index (χ0n) is 16.9. The zero-order valence-corrected chi connectivity index (χ0v) is 17.7. The summed E-state index contributed by atoms with van der Waals surface area (Å²) in [7, 11) is 4.87. The minimum atomic E-state index is 0.451. The van der Waals surface area contributed by atoms with Crippen LogP contribution in [0.2, 0.25) is 0 Å². The smallest absolute Gasteiger partial charge is 0.175 e. The summed E-state index contributed by atoms with van der Waals surface area (Å²) in [5.41, 5.74) is 3.65. The Morgan fingerprint density at radius 3 is 2.55 bits per heavy atom. The molecule has 3 rings (SSSR count). The second-order valence-corrected chi connectivity index (χ2v) is 6.77. The van der Waals surface area contributed by atoms with Crippen LogP contribution in [0.3, 0.4) is 0 Å². The Morgan fingerprint density at radius 1 is 1.03 bits per heavy atom. The molecule has 0 radical (unpaired) electrons. The fourth-order valence-corrected chi connectivity index (χ4v) is 3.20. The quantitative estimate of drug-likeness (QED) is 0.567. The lowest BCUT2D eigenvalue weighted by molar-refractivity contribution is 0.350. The topological polar surface area (TPSA) is 69.6 Å². The van der Waals surface area contributed by atoms with Gasteiger partial charge in [0.25, 0.3) is 0 Å². The molecule has 3 aromatic rings. The van der Waals surface area contributed by atoms with Gasteiger partial charge in [0.1, 0.15) is 5.75 Å². The number of hydrogen-bond donors (Lipinski definition) is 2. The normalized spacial score (nSPS) is 10.3. The van der Waals surface area contributed by atoms with E-state index in [0.29, 0.717) is 23.2 Å². The highest BCUT2D eigenvalue weighted by Gasteiger charge is 2.11. The number of benzene rings is 2. The van der Waals surface area contributed by atoms with Gasteiger partial charge in [-0.25, -0.2) is 0 Å². The summed E-state index contributed by atoms with van der Waals surface area (Å²) < 4.78 is 18.0. The van der Waals surface area contributed by atoms with Gasteiger partial charge in [0, 0.05) is 11.8 Å². The number of aryl methyl sites for hydroxylation is 1. The highest BCUT2D eigenvalue weighted by atomic mass is 32.1. The molecule has 0 bridgehead atoms. The minimum Gasteiger partial charge on any atom is -0.495 e. The van der Waals surface area contributed by atoms with Gasteiger partial charge in [0.2, 0.25) is 0 Å². The van der Waals surface area contributed by atoms with Gasteiger partial charge < -0.3 is 24.8 Å². The fraction of sp³-hybridized carbons (Fsp3) is 0.238. The Morgan fingerprint density at radius 2 is 1.83 bits per heavy atom. The number of para-hydroxylation sites is 1. The van der Waals surface area contributed by atoms with Crippen LogP contribution in [0.5, 0.6) is 17.2 Å². The number of nitrogens with one attached hydrogen (secondary N) is 2. The van der Waals surface area contributed by atoms with E-state index in [4.69, 9.17) is 26.4 Å². The first-order valence-corrected chi connectivity index (χ1v) is 9.40. The van der Waals surface area contributed by atoms with E-state index in [1.165, 1.54) is 0 Å². The van der Waals surface area contributed by atoms with Crippen LogP contribution in [0.4, 0.5) is 11.4 Å². The molecule has 0 spiro atoms. The van der Waals surface area contributed by atoms with E-state index in [1.54, 1.807) is 32.2 Å². The Balaban J connectivity index is 1.68. The van der Waals surface area contributed by atoms with Crippen molar-refractivity contribution in [2.24, 2.45) is 0 Å². The van der Waals surface area contributed by atoms with Crippen molar-refractivity contribution in [2.45, 2.75) is 13.5 Å². The third-order valence-corrected chi connectivity index (χ3v) is 4.52. The maximum Gasteiger partial charge on any atom is 0.175 e. The monoisotopic (exact) mass is 412 g/mol. The van der Waals surface area contributed by atoms with Gasteiger partial charge in [0.15, 0.2) is 16.6 Å². The lowest BCUT2D eigenvalue weighted by Gasteiger charge is -2.13. The van der Waals surface area contributed by atoms with Gasteiger partial charge in [-0.2, -0.15) is 5.10 Å². The second-order valence-electron chi connectivity index (χ2n) is 6.36. The van der Waals surface area contributed by atoms with Crippen molar-refractivity contribution in [1.29, 1.82) is 0 Å². The van der Waals surface area contributed by atoms with Crippen LogP contribution in [0.15, 0.2) is 48.8 Å². The lowest BCUT2D eigenvalue weighted by Crippen LogP contribution is -2.19. The SMILES string of the molecule is COc1ccc(C)cc1NC(=S)Nc1cnn(Cc2cccc(OC)c2OC)c1. The van der Waals surface area contributed by atoms with Gasteiger partial charge in [-0.15, -0.1) is 0 Å². The Hall–Kier alpha value is -3.26. The van der Waals surface area contributed by atoms with Crippen LogP contribution in [0, 0.1) is 6.92 Å². The molecule has 1 aromatic heterocycles. The van der Waals surface area contributed by atoms with Crippen molar-refractivity contribution in [3.8, 4) is 17.2 Å². The number of nitrogens with zero attached hydrogens (tertiary/aromatic N) is 2. The van der Waals surface area contributed by atoms with Crippen LogP contribution >= 0.6 is 12.2 Å². The molecule has 0 fully saturated rings. The third-order valence-electron chi connectivity index (χ3n) is 4.31. The maximum atomic E-state index is 5.48. The van der Waals surface area contributed by atoms with Crippen LogP contribution in [0.25, 0.3) is 0 Å². The van der Waals surface area contributed by atoms with Gasteiger partial charge >= 0.3 is 0 Å². The Kier molecular flexibility index (Phi) is 6.56. The van der Waals surface area contributed by atoms with Crippen molar-refractivity contribution in [1.82, 2.24) is 9.78 Å². The van der Waals surface area contributed by atoms with E-state index in [1.807, 2.05) is 49.5 Å². The largest absolute Gasteiger partial charge is 0.495 e. The summed E-state index contributed by atoms with van der Waals surface area (Å²) in [5.74, 6) is 2.11. The number of rotatable bonds is 7. The molecule has 0 atom stereocenters. The number of hydrogen-bond acceptors (Lipinski definition) is 5. The molecule has 0 aliphatic carbocycles. The molecule has 8 heteroatoms. The predicted molar refractivity (Wildman–Crippen MR) is 118 cm³/mol. The predicted octanol–water partition coefficient (Wildman–Crippen LogP) is 4.07. The van der Waals surface area contributed by atoms with Gasteiger partial charge in [0.05, 0.1) is 45.4 Å². The number of aromatic nitrogens is 2. The number of ether oxygens (including phenoxy) is 3. The van der Waals surface area contributed by atoms with E-state index in [0.717, 1.165) is 28.3 Å². The van der Waals surface area contributed by atoms with E-state index in [-0.39, 0.29) is 0 Å². The van der Waals surface area contributed by atoms with Crippen LogP contribution in [0.1, 0.15) is 11.1 Å². The average Bonchev–Trinajstić information content (AvgIpc) is 3.14. The molecule has 29 heavy (non-hydrogen) atoms. The molecule has 0 saturated carbocycles. The molecular formula is C21H24N4O3S. The van der Waals surface area contributed by atoms with Crippen LogP contribution < -0.4 is 24.8 Å². The van der Waals surface area contributed by atoms with Crippen molar-refractivity contribution in [3.63, 3.8) is 0 Å². The summed E-state index contributed by atoms with van der Waals surface area (Å²) >= 11 is 5.43. The Bertz CT molecular complexity index is 1000. The molecule has 0 unspecified atom stereocenters. The van der Waals surface area contributed by atoms with Gasteiger partial charge in [-0.3, -0.25) is 4.68 Å². The fourth-order valence-electron chi connectivity index (χ4n) is 2.97. The van der Waals surface area contributed by atoms with Crippen LogP contribution in [-0.4, -0.2) is 36.2 Å². The summed E-state index contributed by atoms with van der Waals surface area (Å²) in [6.45, 7) is 2.55. The lowest BCUT2D eigenvalue weighted by atomic mass is 10.2. The number of anilines is 2. The molecule has 152 valence electrons. The maximum absolute atomic E-state index is 5.48. The van der Waals surface area contributed by atoms with Crippen molar-refractivity contribution >= 4 is 28.7 Å². The third kappa shape index (κ3) is 4.97. The van der Waals surface area contributed by atoms with E-state index in [9.17, 15) is 0 Å². The molecule has 0 aliphatic heterocycles. The summed E-state index contributed by atoms with van der Waals surface area (Å²) in [6.07, 6.45) is 3.59. The average molecular weight is 413 g/mol. The molecule has 2 N–H and O–H groups in total. The first-order chi connectivity index (χ1) is 14.0. The summed E-state index contributed by atoms with van der Waals surface area (Å²) in [5, 5.41) is 11.2. The van der Waals surface area contributed by atoms with Crippen LogP contribution in [-0.2, 0) is 6.54 Å². The van der Waals surface area contributed by atoms with E-state index >= 15 is 0 Å². The first kappa shape index (κ1) is 20.5. The van der Waals surface area contributed by atoms with Crippen molar-refractivity contribution in [3.05, 3.63) is 59.9 Å². The molecule has 0 amide bonds. The molecular weight excluding hydrogens is 388 g/mol.